The van der Waals surface area contributed by atoms with Gasteiger partial charge in [-0.1, -0.05) is 5.16 Å². The van der Waals surface area contributed by atoms with Gasteiger partial charge in [-0.25, -0.2) is 0 Å². The van der Waals surface area contributed by atoms with E-state index in [0.29, 0.717) is 11.7 Å². The van der Waals surface area contributed by atoms with Gasteiger partial charge in [-0.2, -0.15) is 4.98 Å². The van der Waals surface area contributed by atoms with Crippen LogP contribution in [0.4, 0.5) is 0 Å². The average Bonchev–Trinajstić information content (AvgIpc) is 2.71. The average molecular weight is 280 g/mol. The number of aromatic nitrogens is 2. The van der Waals surface area contributed by atoms with Gasteiger partial charge >= 0.3 is 0 Å². The van der Waals surface area contributed by atoms with Crippen LogP contribution in [0.5, 0.6) is 0 Å². The van der Waals surface area contributed by atoms with E-state index in [1.54, 1.807) is 11.3 Å². The predicted octanol–water partition coefficient (Wildman–Crippen LogP) is 3.30. The second kappa shape index (κ2) is 3.77. The van der Waals surface area contributed by atoms with Crippen LogP contribution >= 0.6 is 38.9 Å². The van der Waals surface area contributed by atoms with E-state index in [-0.39, 0.29) is 5.88 Å². The molecule has 0 aliphatic rings. The summed E-state index contributed by atoms with van der Waals surface area (Å²) in [5.41, 5.74) is 0.911. The number of nitrogens with zero attached hydrogens (tertiary/aromatic N) is 2. The molecule has 0 amide bonds. The third-order valence-corrected chi connectivity index (χ3v) is 3.36. The minimum Gasteiger partial charge on any atom is -0.334 e. The summed E-state index contributed by atoms with van der Waals surface area (Å²) in [6.07, 6.45) is 0. The van der Waals surface area contributed by atoms with Gasteiger partial charge < -0.3 is 4.52 Å². The van der Waals surface area contributed by atoms with E-state index in [1.807, 2.05) is 11.4 Å². The number of hydrogen-bond acceptors (Lipinski definition) is 4. The van der Waals surface area contributed by atoms with Crippen molar-refractivity contribution in [1.82, 2.24) is 10.1 Å². The zero-order chi connectivity index (χ0) is 9.26. The molecule has 0 saturated carbocycles. The summed E-state index contributed by atoms with van der Waals surface area (Å²) >= 11 is 10.5. The molecule has 0 aromatic carbocycles. The van der Waals surface area contributed by atoms with Crippen molar-refractivity contribution >= 4 is 38.9 Å². The van der Waals surface area contributed by atoms with Crippen molar-refractivity contribution in [3.05, 3.63) is 21.1 Å². The Balaban J connectivity index is 2.41. The summed E-state index contributed by atoms with van der Waals surface area (Å²) in [7, 11) is 0. The molecule has 2 aromatic rings. The van der Waals surface area contributed by atoms with Crippen LogP contribution < -0.4 is 0 Å². The number of thiophene rings is 1. The molecule has 2 rings (SSSR count). The van der Waals surface area contributed by atoms with E-state index >= 15 is 0 Å². The van der Waals surface area contributed by atoms with Gasteiger partial charge in [-0.3, -0.25) is 0 Å². The molecular weight excluding hydrogens is 276 g/mol. The first kappa shape index (κ1) is 9.18. The molecule has 0 atom stereocenters. The van der Waals surface area contributed by atoms with Crippen LogP contribution in [0, 0.1) is 0 Å². The summed E-state index contributed by atoms with van der Waals surface area (Å²) in [4.78, 5) is 4.10. The Morgan fingerprint density at radius 2 is 2.46 bits per heavy atom. The van der Waals surface area contributed by atoms with Crippen LogP contribution in [-0.2, 0) is 5.88 Å². The summed E-state index contributed by atoms with van der Waals surface area (Å²) in [6.45, 7) is 0. The van der Waals surface area contributed by atoms with E-state index in [4.69, 9.17) is 16.1 Å². The van der Waals surface area contributed by atoms with Gasteiger partial charge in [0.1, 0.15) is 0 Å². The Labute approximate surface area is 91.8 Å². The van der Waals surface area contributed by atoms with Crippen molar-refractivity contribution in [2.45, 2.75) is 5.88 Å². The van der Waals surface area contributed by atoms with Gasteiger partial charge in [-0.15, -0.1) is 22.9 Å². The van der Waals surface area contributed by atoms with Crippen molar-refractivity contribution in [3.63, 3.8) is 0 Å². The predicted molar refractivity (Wildman–Crippen MR) is 54.9 cm³/mol. The molecular formula is C7H4BrClN2OS. The van der Waals surface area contributed by atoms with Crippen LogP contribution in [0.1, 0.15) is 5.82 Å². The monoisotopic (exact) mass is 278 g/mol. The molecule has 0 radical (unpaired) electrons. The molecule has 13 heavy (non-hydrogen) atoms. The van der Waals surface area contributed by atoms with Crippen LogP contribution in [-0.4, -0.2) is 10.1 Å². The molecule has 0 saturated heterocycles. The first-order valence-electron chi connectivity index (χ1n) is 3.43. The first-order chi connectivity index (χ1) is 6.31. The standard InChI is InChI=1S/C7H4BrClN2OS/c8-6-4(1-2-13-6)7-10-5(3-9)11-12-7/h1-2H,3H2. The topological polar surface area (TPSA) is 38.9 Å². The van der Waals surface area contributed by atoms with Crippen LogP contribution in [0.15, 0.2) is 19.8 Å². The minimum atomic E-state index is 0.269. The fourth-order valence-corrected chi connectivity index (χ4v) is 2.20. The van der Waals surface area contributed by atoms with E-state index < -0.39 is 0 Å². The smallest absolute Gasteiger partial charge is 0.259 e. The van der Waals surface area contributed by atoms with Gasteiger partial charge in [0.05, 0.1) is 15.2 Å². The van der Waals surface area contributed by atoms with Crippen molar-refractivity contribution in [1.29, 1.82) is 0 Å². The summed E-state index contributed by atoms with van der Waals surface area (Å²) in [6, 6.07) is 1.92. The Kier molecular flexibility index (Phi) is 2.66. The van der Waals surface area contributed by atoms with Crippen molar-refractivity contribution in [2.75, 3.05) is 0 Å². The molecule has 0 aliphatic carbocycles. The largest absolute Gasteiger partial charge is 0.334 e. The zero-order valence-electron chi connectivity index (χ0n) is 6.33. The van der Waals surface area contributed by atoms with Crippen molar-refractivity contribution < 1.29 is 4.52 Å². The molecule has 2 heterocycles. The highest BCUT2D eigenvalue weighted by atomic mass is 79.9. The lowest BCUT2D eigenvalue weighted by Crippen LogP contribution is -1.79. The Morgan fingerprint density at radius 1 is 1.62 bits per heavy atom. The Morgan fingerprint density at radius 3 is 3.00 bits per heavy atom. The summed E-state index contributed by atoms with van der Waals surface area (Å²) in [5.74, 6) is 1.28. The quantitative estimate of drug-likeness (QED) is 0.792. The van der Waals surface area contributed by atoms with E-state index in [2.05, 4.69) is 26.1 Å². The minimum absolute atomic E-state index is 0.269. The van der Waals surface area contributed by atoms with Gasteiger partial charge in [-0.05, 0) is 27.4 Å². The lowest BCUT2D eigenvalue weighted by molar-refractivity contribution is 0.425. The molecule has 0 fully saturated rings. The molecule has 0 unspecified atom stereocenters. The summed E-state index contributed by atoms with van der Waals surface area (Å²) in [5, 5.41) is 5.65. The van der Waals surface area contributed by atoms with Gasteiger partial charge in [0.2, 0.25) is 0 Å². The Bertz CT molecular complexity index is 414. The van der Waals surface area contributed by atoms with Crippen LogP contribution in [0.25, 0.3) is 11.5 Å². The van der Waals surface area contributed by atoms with E-state index in [9.17, 15) is 0 Å². The highest BCUT2D eigenvalue weighted by Gasteiger charge is 2.11. The zero-order valence-corrected chi connectivity index (χ0v) is 9.49. The molecule has 0 aliphatic heterocycles. The third kappa shape index (κ3) is 1.77. The lowest BCUT2D eigenvalue weighted by Gasteiger charge is -1.86. The lowest BCUT2D eigenvalue weighted by atomic mass is 10.3. The van der Waals surface area contributed by atoms with Gasteiger partial charge in [0, 0.05) is 0 Å². The van der Waals surface area contributed by atoms with Crippen molar-refractivity contribution in [3.8, 4) is 11.5 Å². The molecule has 0 spiro atoms. The Hall–Kier alpha value is -0.390. The highest BCUT2D eigenvalue weighted by molar-refractivity contribution is 9.11. The second-order valence-corrected chi connectivity index (χ2v) is 4.76. The number of rotatable bonds is 2. The SMILES string of the molecule is ClCc1noc(-c2ccsc2Br)n1. The number of alkyl halides is 1. The van der Waals surface area contributed by atoms with Gasteiger partial charge in [0.25, 0.3) is 5.89 Å². The maximum Gasteiger partial charge on any atom is 0.259 e. The third-order valence-electron chi connectivity index (χ3n) is 1.44. The molecule has 0 N–H and O–H groups in total. The normalized spacial score (nSPS) is 10.6. The van der Waals surface area contributed by atoms with Gasteiger partial charge in [0.15, 0.2) is 5.82 Å². The molecule has 0 bridgehead atoms. The second-order valence-electron chi connectivity index (χ2n) is 2.26. The molecule has 2 aromatic heterocycles. The number of hydrogen-bond donors (Lipinski definition) is 0. The molecule has 3 nitrogen and oxygen atoms in total. The fraction of sp³-hybridized carbons (Fsp3) is 0.143. The molecule has 68 valence electrons. The maximum absolute atomic E-state index is 5.55. The van der Waals surface area contributed by atoms with Crippen molar-refractivity contribution in [2.24, 2.45) is 0 Å². The van der Waals surface area contributed by atoms with Crippen LogP contribution in [0.2, 0.25) is 0 Å². The first-order valence-corrected chi connectivity index (χ1v) is 5.64. The fourth-order valence-electron chi connectivity index (χ4n) is 0.864. The molecule has 6 heteroatoms. The summed E-state index contributed by atoms with van der Waals surface area (Å²) < 4.78 is 6.00. The van der Waals surface area contributed by atoms with E-state index in [1.165, 1.54) is 0 Å². The van der Waals surface area contributed by atoms with E-state index in [0.717, 1.165) is 9.35 Å². The number of halogens is 2. The van der Waals surface area contributed by atoms with Crippen LogP contribution in [0.3, 0.4) is 0 Å². The highest BCUT2D eigenvalue weighted by Crippen LogP contribution is 2.31. The maximum atomic E-state index is 5.55.